The Morgan fingerprint density at radius 3 is 3.13 bits per heavy atom. The van der Waals surface area contributed by atoms with Gasteiger partial charge in [-0.05, 0) is 19.1 Å². The number of anilines is 1. The molecule has 1 fully saturated rings. The molecule has 0 saturated carbocycles. The number of piperazine rings is 1. The summed E-state index contributed by atoms with van der Waals surface area (Å²) < 4.78 is 0. The summed E-state index contributed by atoms with van der Waals surface area (Å²) in [5, 5.41) is 3.25. The molecule has 1 aromatic heterocycles. The second-order valence-corrected chi connectivity index (χ2v) is 3.87. The van der Waals surface area contributed by atoms with Crippen molar-refractivity contribution >= 4 is 23.3 Å². The number of hydrogen-bond acceptors (Lipinski definition) is 3. The number of aromatic nitrogens is 1. The fraction of sp³-hybridized carbons (Fsp3) is 0.400. The van der Waals surface area contributed by atoms with E-state index in [0.29, 0.717) is 11.7 Å². The Kier molecular flexibility index (Phi) is 2.77. The zero-order chi connectivity index (χ0) is 10.8. The van der Waals surface area contributed by atoms with E-state index in [-0.39, 0.29) is 11.9 Å². The van der Waals surface area contributed by atoms with Gasteiger partial charge in [0.05, 0.1) is 0 Å². The first-order valence-electron chi connectivity index (χ1n) is 4.85. The average molecular weight is 226 g/mol. The van der Waals surface area contributed by atoms with Gasteiger partial charge in [0.2, 0.25) is 5.91 Å². The highest BCUT2D eigenvalue weighted by Crippen LogP contribution is 2.18. The molecule has 2 rings (SSSR count). The van der Waals surface area contributed by atoms with E-state index >= 15 is 0 Å². The smallest absolute Gasteiger partial charge is 0.242 e. The molecular formula is C10H12ClN3O. The number of rotatable bonds is 1. The third-order valence-corrected chi connectivity index (χ3v) is 2.70. The fourth-order valence-electron chi connectivity index (χ4n) is 1.65. The molecular weight excluding hydrogens is 214 g/mol. The van der Waals surface area contributed by atoms with Crippen LogP contribution >= 0.6 is 11.6 Å². The van der Waals surface area contributed by atoms with Crippen LogP contribution in [-0.2, 0) is 4.79 Å². The molecule has 0 bridgehead atoms. The van der Waals surface area contributed by atoms with Gasteiger partial charge in [0.25, 0.3) is 0 Å². The van der Waals surface area contributed by atoms with Crippen molar-refractivity contribution in [3.63, 3.8) is 0 Å². The molecule has 0 aliphatic carbocycles. The maximum absolute atomic E-state index is 11.4. The Bertz CT molecular complexity index is 383. The molecule has 1 aliphatic rings. The molecule has 1 saturated heterocycles. The first-order valence-corrected chi connectivity index (χ1v) is 5.23. The lowest BCUT2D eigenvalue weighted by Crippen LogP contribution is -2.54. The number of carbonyl (C=O) groups is 1. The van der Waals surface area contributed by atoms with Crippen molar-refractivity contribution in [1.82, 2.24) is 10.3 Å². The van der Waals surface area contributed by atoms with Gasteiger partial charge in [-0.15, -0.1) is 0 Å². The van der Waals surface area contributed by atoms with E-state index in [0.717, 1.165) is 12.4 Å². The first kappa shape index (κ1) is 10.2. The van der Waals surface area contributed by atoms with Crippen molar-refractivity contribution in [3.8, 4) is 0 Å². The number of halogens is 1. The topological polar surface area (TPSA) is 45.2 Å². The van der Waals surface area contributed by atoms with Crippen LogP contribution in [0.25, 0.3) is 0 Å². The summed E-state index contributed by atoms with van der Waals surface area (Å²) in [4.78, 5) is 17.6. The molecule has 4 nitrogen and oxygen atoms in total. The molecule has 0 aromatic carbocycles. The second-order valence-electron chi connectivity index (χ2n) is 3.48. The van der Waals surface area contributed by atoms with E-state index in [1.807, 2.05) is 24.0 Å². The Morgan fingerprint density at radius 2 is 2.40 bits per heavy atom. The summed E-state index contributed by atoms with van der Waals surface area (Å²) in [5.74, 6) is 0.785. The quantitative estimate of drug-likeness (QED) is 0.727. The number of amides is 1. The molecule has 15 heavy (non-hydrogen) atoms. The van der Waals surface area contributed by atoms with Gasteiger partial charge in [-0.2, -0.15) is 0 Å². The molecule has 1 aromatic rings. The van der Waals surface area contributed by atoms with Gasteiger partial charge in [-0.1, -0.05) is 17.7 Å². The minimum atomic E-state index is -0.190. The molecule has 1 unspecified atom stereocenters. The Labute approximate surface area is 93.2 Å². The van der Waals surface area contributed by atoms with Gasteiger partial charge < -0.3 is 10.2 Å². The van der Waals surface area contributed by atoms with Gasteiger partial charge in [-0.3, -0.25) is 4.79 Å². The molecule has 0 radical (unpaired) electrons. The summed E-state index contributed by atoms with van der Waals surface area (Å²) in [6.45, 7) is 3.27. The number of hydrogen-bond donors (Lipinski definition) is 1. The van der Waals surface area contributed by atoms with Crippen molar-refractivity contribution in [3.05, 3.63) is 23.4 Å². The largest absolute Gasteiger partial charge is 0.353 e. The van der Waals surface area contributed by atoms with Crippen molar-refractivity contribution in [2.24, 2.45) is 0 Å². The first-order chi connectivity index (χ1) is 7.18. The standard InChI is InChI=1S/C10H12ClN3O/c1-7-10(15)12-5-6-14(7)9-4-2-3-8(11)13-9/h2-4,7H,5-6H2,1H3,(H,12,15). The lowest BCUT2D eigenvalue weighted by molar-refractivity contribution is -0.122. The molecule has 1 amide bonds. The van der Waals surface area contributed by atoms with Crippen LogP contribution < -0.4 is 10.2 Å². The average Bonchev–Trinajstić information content (AvgIpc) is 2.22. The fourth-order valence-corrected chi connectivity index (χ4v) is 1.81. The van der Waals surface area contributed by atoms with Crippen molar-refractivity contribution in [2.75, 3.05) is 18.0 Å². The van der Waals surface area contributed by atoms with Crippen LogP contribution in [0.1, 0.15) is 6.92 Å². The van der Waals surface area contributed by atoms with Gasteiger partial charge in [0.1, 0.15) is 17.0 Å². The molecule has 1 atom stereocenters. The van der Waals surface area contributed by atoms with Crippen LogP contribution in [0.4, 0.5) is 5.82 Å². The number of nitrogens with zero attached hydrogens (tertiary/aromatic N) is 2. The zero-order valence-corrected chi connectivity index (χ0v) is 9.16. The second kappa shape index (κ2) is 4.06. The zero-order valence-electron chi connectivity index (χ0n) is 8.40. The molecule has 80 valence electrons. The third kappa shape index (κ3) is 2.04. The predicted octanol–water partition coefficient (Wildman–Crippen LogP) is 1.06. The van der Waals surface area contributed by atoms with Gasteiger partial charge in [-0.25, -0.2) is 4.98 Å². The van der Waals surface area contributed by atoms with Gasteiger partial charge in [0.15, 0.2) is 0 Å². The lowest BCUT2D eigenvalue weighted by atomic mass is 10.2. The molecule has 2 heterocycles. The maximum Gasteiger partial charge on any atom is 0.242 e. The Hall–Kier alpha value is -1.29. The van der Waals surface area contributed by atoms with Crippen molar-refractivity contribution in [1.29, 1.82) is 0 Å². The Balaban J connectivity index is 2.26. The van der Waals surface area contributed by atoms with E-state index < -0.39 is 0 Å². The number of pyridine rings is 1. The summed E-state index contributed by atoms with van der Waals surface area (Å²) in [6.07, 6.45) is 0. The van der Waals surface area contributed by atoms with Crippen molar-refractivity contribution in [2.45, 2.75) is 13.0 Å². The highest BCUT2D eigenvalue weighted by molar-refractivity contribution is 6.29. The number of nitrogens with one attached hydrogen (secondary N) is 1. The number of carbonyl (C=O) groups excluding carboxylic acids is 1. The van der Waals surface area contributed by atoms with E-state index in [1.54, 1.807) is 6.07 Å². The summed E-state index contributed by atoms with van der Waals surface area (Å²) in [5.41, 5.74) is 0. The lowest BCUT2D eigenvalue weighted by Gasteiger charge is -2.33. The van der Waals surface area contributed by atoms with Crippen LogP contribution in [0.2, 0.25) is 5.15 Å². The van der Waals surface area contributed by atoms with Crippen LogP contribution in [0.3, 0.4) is 0 Å². The van der Waals surface area contributed by atoms with Gasteiger partial charge in [0, 0.05) is 13.1 Å². The molecule has 1 N–H and O–H groups in total. The summed E-state index contributed by atoms with van der Waals surface area (Å²) >= 11 is 5.81. The van der Waals surface area contributed by atoms with E-state index in [2.05, 4.69) is 10.3 Å². The minimum Gasteiger partial charge on any atom is -0.353 e. The van der Waals surface area contributed by atoms with Crippen molar-refractivity contribution < 1.29 is 4.79 Å². The predicted molar refractivity (Wildman–Crippen MR) is 59.1 cm³/mol. The van der Waals surface area contributed by atoms with Crippen LogP contribution in [0.5, 0.6) is 0 Å². The van der Waals surface area contributed by atoms with Gasteiger partial charge >= 0.3 is 0 Å². The highest BCUT2D eigenvalue weighted by Gasteiger charge is 2.26. The third-order valence-electron chi connectivity index (χ3n) is 2.49. The minimum absolute atomic E-state index is 0.0306. The monoisotopic (exact) mass is 225 g/mol. The summed E-state index contributed by atoms with van der Waals surface area (Å²) in [7, 11) is 0. The van der Waals surface area contributed by atoms with Crippen LogP contribution in [0.15, 0.2) is 18.2 Å². The molecule has 0 spiro atoms. The van der Waals surface area contributed by atoms with Crippen LogP contribution in [-0.4, -0.2) is 30.0 Å². The maximum atomic E-state index is 11.4. The van der Waals surface area contributed by atoms with E-state index in [9.17, 15) is 4.79 Å². The highest BCUT2D eigenvalue weighted by atomic mass is 35.5. The SMILES string of the molecule is CC1C(=O)NCCN1c1cccc(Cl)n1. The summed E-state index contributed by atoms with van der Waals surface area (Å²) in [6, 6.07) is 5.23. The van der Waals surface area contributed by atoms with Crippen LogP contribution in [0, 0.1) is 0 Å². The normalized spacial score (nSPS) is 21.3. The molecule has 1 aliphatic heterocycles. The Morgan fingerprint density at radius 1 is 1.60 bits per heavy atom. The molecule has 5 heteroatoms. The van der Waals surface area contributed by atoms with E-state index in [4.69, 9.17) is 11.6 Å². The van der Waals surface area contributed by atoms with E-state index in [1.165, 1.54) is 0 Å².